The van der Waals surface area contributed by atoms with Gasteiger partial charge in [-0.25, -0.2) is 0 Å². The van der Waals surface area contributed by atoms with Gasteiger partial charge in [-0.15, -0.1) is 0 Å². The maximum absolute atomic E-state index is 5.48. The van der Waals surface area contributed by atoms with Crippen molar-refractivity contribution in [1.82, 2.24) is 10.2 Å². The first-order valence-electron chi connectivity index (χ1n) is 5.62. The van der Waals surface area contributed by atoms with Gasteiger partial charge in [0.05, 0.1) is 11.0 Å². The van der Waals surface area contributed by atoms with E-state index in [1.807, 2.05) is 6.07 Å². The molecule has 16 heavy (non-hydrogen) atoms. The molecule has 1 saturated heterocycles. The second-order valence-corrected chi connectivity index (χ2v) is 5.63. The molecule has 3 nitrogen and oxygen atoms in total. The maximum Gasteiger partial charge on any atom is 0.183 e. The highest BCUT2D eigenvalue weighted by Gasteiger charge is 2.10. The largest absolute Gasteiger partial charge is 0.452 e. The van der Waals surface area contributed by atoms with Crippen LogP contribution in [0.1, 0.15) is 18.6 Å². The summed E-state index contributed by atoms with van der Waals surface area (Å²) in [6.45, 7) is 5.48. The Hall–Kier alpha value is 0.160. The Bertz CT molecular complexity index is 315. The van der Waals surface area contributed by atoms with Gasteiger partial charge in [0.15, 0.2) is 4.67 Å². The van der Waals surface area contributed by atoms with Gasteiger partial charge in [0, 0.05) is 13.1 Å². The monoisotopic (exact) mass is 350 g/mol. The maximum atomic E-state index is 5.48. The Kier molecular flexibility index (Phi) is 4.88. The minimum absolute atomic E-state index is 0.767. The molecule has 0 bridgehead atoms. The van der Waals surface area contributed by atoms with Crippen LogP contribution in [-0.4, -0.2) is 31.1 Å². The Labute approximate surface area is 113 Å². The number of nitrogens with zero attached hydrogens (tertiary/aromatic N) is 1. The lowest BCUT2D eigenvalue weighted by molar-refractivity contribution is 0.332. The first-order valence-corrected chi connectivity index (χ1v) is 7.21. The van der Waals surface area contributed by atoms with Gasteiger partial charge in [-0.1, -0.05) is 0 Å². The van der Waals surface area contributed by atoms with Crippen molar-refractivity contribution in [2.24, 2.45) is 0 Å². The highest BCUT2D eigenvalue weighted by atomic mass is 79.9. The zero-order valence-electron chi connectivity index (χ0n) is 9.14. The van der Waals surface area contributed by atoms with Gasteiger partial charge in [-0.05, 0) is 63.9 Å². The summed E-state index contributed by atoms with van der Waals surface area (Å²) in [5.41, 5.74) is 0. The fraction of sp³-hybridized carbons (Fsp3) is 0.636. The summed E-state index contributed by atoms with van der Waals surface area (Å²) in [6, 6.07) is 1.99. The number of furan rings is 1. The lowest BCUT2D eigenvalue weighted by Crippen LogP contribution is -2.29. The van der Waals surface area contributed by atoms with Crippen LogP contribution in [0.25, 0.3) is 0 Å². The van der Waals surface area contributed by atoms with Crippen molar-refractivity contribution in [3.8, 4) is 0 Å². The SMILES string of the molecule is Brc1cc(CNCCN2CCCC2)oc1Br. The van der Waals surface area contributed by atoms with E-state index >= 15 is 0 Å². The van der Waals surface area contributed by atoms with E-state index in [9.17, 15) is 0 Å². The van der Waals surface area contributed by atoms with Gasteiger partial charge in [0.1, 0.15) is 5.76 Å². The average Bonchev–Trinajstić information content (AvgIpc) is 2.85. The molecule has 0 amide bonds. The molecule has 1 fully saturated rings. The minimum Gasteiger partial charge on any atom is -0.452 e. The third kappa shape index (κ3) is 3.58. The number of halogens is 2. The smallest absolute Gasteiger partial charge is 0.183 e. The number of likely N-dealkylation sites (tertiary alicyclic amines) is 1. The quantitative estimate of drug-likeness (QED) is 0.826. The van der Waals surface area contributed by atoms with Gasteiger partial charge < -0.3 is 14.6 Å². The first kappa shape index (κ1) is 12.6. The molecular formula is C11H16Br2N2O. The number of rotatable bonds is 5. The topological polar surface area (TPSA) is 28.4 Å². The van der Waals surface area contributed by atoms with Crippen LogP contribution in [0.2, 0.25) is 0 Å². The van der Waals surface area contributed by atoms with Crippen molar-refractivity contribution in [2.75, 3.05) is 26.2 Å². The van der Waals surface area contributed by atoms with Crippen LogP contribution in [-0.2, 0) is 6.54 Å². The molecule has 0 saturated carbocycles. The van der Waals surface area contributed by atoms with Gasteiger partial charge >= 0.3 is 0 Å². The van der Waals surface area contributed by atoms with Crippen molar-refractivity contribution in [3.05, 3.63) is 21.0 Å². The van der Waals surface area contributed by atoms with Crippen molar-refractivity contribution in [1.29, 1.82) is 0 Å². The fourth-order valence-corrected chi connectivity index (χ4v) is 2.59. The minimum atomic E-state index is 0.767. The highest BCUT2D eigenvalue weighted by molar-refractivity contribution is 9.13. The summed E-state index contributed by atoms with van der Waals surface area (Å²) in [5, 5.41) is 3.39. The van der Waals surface area contributed by atoms with E-state index in [2.05, 4.69) is 42.1 Å². The predicted molar refractivity (Wildman–Crippen MR) is 71.5 cm³/mol. The molecule has 0 aromatic carbocycles. The molecule has 0 atom stereocenters. The molecule has 1 aliphatic rings. The Morgan fingerprint density at radius 3 is 2.69 bits per heavy atom. The molecule has 0 spiro atoms. The van der Waals surface area contributed by atoms with E-state index in [0.29, 0.717) is 0 Å². The molecule has 90 valence electrons. The van der Waals surface area contributed by atoms with Crippen molar-refractivity contribution < 1.29 is 4.42 Å². The van der Waals surface area contributed by atoms with Crippen LogP contribution in [0.15, 0.2) is 19.6 Å². The van der Waals surface area contributed by atoms with Gasteiger partial charge in [-0.2, -0.15) is 0 Å². The molecule has 2 rings (SSSR count). The first-order chi connectivity index (χ1) is 7.75. The average molecular weight is 352 g/mol. The van der Waals surface area contributed by atoms with Crippen LogP contribution in [0, 0.1) is 0 Å². The normalized spacial score (nSPS) is 17.1. The Morgan fingerprint density at radius 2 is 2.06 bits per heavy atom. The number of hydrogen-bond donors (Lipinski definition) is 1. The molecule has 1 aromatic rings. The summed E-state index contributed by atoms with van der Waals surface area (Å²) in [4.78, 5) is 2.50. The van der Waals surface area contributed by atoms with Crippen LogP contribution in [0.5, 0.6) is 0 Å². The predicted octanol–water partition coefficient (Wildman–Crippen LogP) is 2.99. The standard InChI is InChI=1S/C11H16Br2N2O/c12-10-7-9(16-11(10)13)8-14-3-6-15-4-1-2-5-15/h7,14H,1-6,8H2. The second kappa shape index (κ2) is 6.19. The molecule has 5 heteroatoms. The molecule has 1 aliphatic heterocycles. The van der Waals surface area contributed by atoms with Crippen LogP contribution >= 0.6 is 31.9 Å². The summed E-state index contributed by atoms with van der Waals surface area (Å²) in [7, 11) is 0. The zero-order chi connectivity index (χ0) is 11.4. The lowest BCUT2D eigenvalue weighted by Gasteiger charge is -2.14. The molecule has 0 aliphatic carbocycles. The van der Waals surface area contributed by atoms with E-state index in [-0.39, 0.29) is 0 Å². The molecule has 1 aromatic heterocycles. The third-order valence-electron chi connectivity index (χ3n) is 2.80. The van der Waals surface area contributed by atoms with E-state index in [1.165, 1.54) is 25.9 Å². The van der Waals surface area contributed by atoms with E-state index in [0.717, 1.165) is 34.5 Å². The van der Waals surface area contributed by atoms with Gasteiger partial charge in [0.2, 0.25) is 0 Å². The van der Waals surface area contributed by atoms with Crippen molar-refractivity contribution in [3.63, 3.8) is 0 Å². The molecule has 0 radical (unpaired) electrons. The fourth-order valence-electron chi connectivity index (χ4n) is 1.93. The summed E-state index contributed by atoms with van der Waals surface area (Å²) in [5.74, 6) is 0.958. The highest BCUT2D eigenvalue weighted by Crippen LogP contribution is 2.26. The number of hydrogen-bond acceptors (Lipinski definition) is 3. The molecule has 0 unspecified atom stereocenters. The van der Waals surface area contributed by atoms with Crippen molar-refractivity contribution >= 4 is 31.9 Å². The third-order valence-corrected chi connectivity index (χ3v) is 4.51. The number of nitrogens with one attached hydrogen (secondary N) is 1. The molecular weight excluding hydrogens is 336 g/mol. The summed E-state index contributed by atoms with van der Waals surface area (Å²) >= 11 is 6.73. The second-order valence-electron chi connectivity index (χ2n) is 4.06. The van der Waals surface area contributed by atoms with Crippen LogP contribution in [0.3, 0.4) is 0 Å². The van der Waals surface area contributed by atoms with Gasteiger partial charge in [0.25, 0.3) is 0 Å². The molecule has 2 heterocycles. The summed E-state index contributed by atoms with van der Waals surface area (Å²) < 4.78 is 7.22. The van der Waals surface area contributed by atoms with Gasteiger partial charge in [-0.3, -0.25) is 0 Å². The lowest BCUT2D eigenvalue weighted by atomic mass is 10.4. The van der Waals surface area contributed by atoms with E-state index in [4.69, 9.17) is 4.42 Å². The molecule has 1 N–H and O–H groups in total. The summed E-state index contributed by atoms with van der Waals surface area (Å²) in [6.07, 6.45) is 2.72. The van der Waals surface area contributed by atoms with Crippen LogP contribution < -0.4 is 5.32 Å². The van der Waals surface area contributed by atoms with Crippen molar-refractivity contribution in [2.45, 2.75) is 19.4 Å². The van der Waals surface area contributed by atoms with E-state index < -0.39 is 0 Å². The van der Waals surface area contributed by atoms with E-state index in [1.54, 1.807) is 0 Å². The Balaban J connectivity index is 1.64. The van der Waals surface area contributed by atoms with Crippen LogP contribution in [0.4, 0.5) is 0 Å². The Morgan fingerprint density at radius 1 is 1.31 bits per heavy atom. The zero-order valence-corrected chi connectivity index (χ0v) is 12.3.